The van der Waals surface area contributed by atoms with Gasteiger partial charge in [-0.2, -0.15) is 0 Å². The van der Waals surface area contributed by atoms with E-state index in [2.05, 4.69) is 45.1 Å². The zero-order valence-corrected chi connectivity index (χ0v) is 16.7. The van der Waals surface area contributed by atoms with Gasteiger partial charge in [0.2, 0.25) is 0 Å². The quantitative estimate of drug-likeness (QED) is 0.840. The van der Waals surface area contributed by atoms with Gasteiger partial charge in [0.1, 0.15) is 5.60 Å². The normalized spacial score (nSPS) is 19.7. The molecule has 1 aliphatic carbocycles. The number of alkyl carbamates (subject to hydrolysis) is 1. The molecule has 1 aromatic rings. The Morgan fingerprint density at radius 3 is 2.24 bits per heavy atom. The second-order valence-electron chi connectivity index (χ2n) is 9.45. The van der Waals surface area contributed by atoms with E-state index in [4.69, 9.17) is 4.74 Å². The molecule has 0 saturated carbocycles. The van der Waals surface area contributed by atoms with Crippen molar-refractivity contribution in [2.24, 2.45) is 0 Å². The molecule has 1 unspecified atom stereocenters. The zero-order valence-electron chi connectivity index (χ0n) is 16.7. The van der Waals surface area contributed by atoms with Crippen molar-refractivity contribution < 1.29 is 14.6 Å². The van der Waals surface area contributed by atoms with Gasteiger partial charge in [-0.05, 0) is 61.1 Å². The Labute approximate surface area is 152 Å². The molecule has 0 radical (unpaired) electrons. The number of amides is 1. The van der Waals surface area contributed by atoms with Gasteiger partial charge in [-0.1, -0.05) is 45.9 Å². The van der Waals surface area contributed by atoms with Gasteiger partial charge in [0.25, 0.3) is 0 Å². The Hall–Kier alpha value is -1.55. The SMILES string of the molecule is CC(C)(C)OC(=O)NC(CO)c1ccc2c(c1)C(C)(C)CCC2(C)C. The van der Waals surface area contributed by atoms with Crippen LogP contribution in [0.15, 0.2) is 18.2 Å². The van der Waals surface area contributed by atoms with Crippen molar-refractivity contribution in [3.8, 4) is 0 Å². The largest absolute Gasteiger partial charge is 0.444 e. The van der Waals surface area contributed by atoms with E-state index in [1.807, 2.05) is 26.8 Å². The van der Waals surface area contributed by atoms with E-state index in [1.165, 1.54) is 11.1 Å². The first-order valence-corrected chi connectivity index (χ1v) is 9.11. The van der Waals surface area contributed by atoms with Crippen molar-refractivity contribution in [2.75, 3.05) is 6.61 Å². The minimum atomic E-state index is -0.564. The molecule has 140 valence electrons. The van der Waals surface area contributed by atoms with Crippen LogP contribution < -0.4 is 5.32 Å². The lowest BCUT2D eigenvalue weighted by Gasteiger charge is -2.42. The molecule has 4 heteroatoms. The topological polar surface area (TPSA) is 58.6 Å². The molecule has 0 spiro atoms. The summed E-state index contributed by atoms with van der Waals surface area (Å²) >= 11 is 0. The molecule has 25 heavy (non-hydrogen) atoms. The summed E-state index contributed by atoms with van der Waals surface area (Å²) in [6, 6.07) is 5.85. The van der Waals surface area contributed by atoms with Crippen molar-refractivity contribution in [3.63, 3.8) is 0 Å². The molecule has 1 atom stereocenters. The molecule has 0 saturated heterocycles. The van der Waals surface area contributed by atoms with Gasteiger partial charge in [-0.25, -0.2) is 4.79 Å². The standard InChI is InChI=1S/C21H33NO3/c1-19(2,3)25-18(24)22-17(13-23)14-8-9-15-16(12-14)21(6,7)11-10-20(15,4)5/h8-9,12,17,23H,10-11,13H2,1-7H3,(H,22,24). The Bertz CT molecular complexity index is 641. The first-order chi connectivity index (χ1) is 11.4. The zero-order chi connectivity index (χ0) is 19.0. The van der Waals surface area contributed by atoms with Crippen LogP contribution in [0.2, 0.25) is 0 Å². The summed E-state index contributed by atoms with van der Waals surface area (Å²) < 4.78 is 5.32. The monoisotopic (exact) mass is 347 g/mol. The van der Waals surface area contributed by atoms with Crippen LogP contribution in [0.3, 0.4) is 0 Å². The second kappa shape index (κ2) is 6.64. The van der Waals surface area contributed by atoms with Crippen molar-refractivity contribution >= 4 is 6.09 Å². The van der Waals surface area contributed by atoms with Crippen LogP contribution in [0.4, 0.5) is 4.79 Å². The highest BCUT2D eigenvalue weighted by atomic mass is 16.6. The first-order valence-electron chi connectivity index (χ1n) is 9.11. The molecule has 1 aliphatic rings. The van der Waals surface area contributed by atoms with E-state index in [1.54, 1.807) is 0 Å². The number of aliphatic hydroxyl groups is 1. The molecule has 2 N–H and O–H groups in total. The highest BCUT2D eigenvalue weighted by molar-refractivity contribution is 5.68. The fourth-order valence-corrected chi connectivity index (χ4v) is 3.51. The van der Waals surface area contributed by atoms with Crippen molar-refractivity contribution in [1.82, 2.24) is 5.32 Å². The molecule has 0 fully saturated rings. The van der Waals surface area contributed by atoms with E-state index in [0.717, 1.165) is 18.4 Å². The minimum Gasteiger partial charge on any atom is -0.444 e. The van der Waals surface area contributed by atoms with Gasteiger partial charge in [0.05, 0.1) is 12.6 Å². The van der Waals surface area contributed by atoms with E-state index in [9.17, 15) is 9.90 Å². The maximum Gasteiger partial charge on any atom is 0.408 e. The van der Waals surface area contributed by atoms with Gasteiger partial charge in [0, 0.05) is 0 Å². The maximum absolute atomic E-state index is 12.1. The lowest BCUT2D eigenvalue weighted by Crippen LogP contribution is -2.37. The number of benzene rings is 1. The lowest BCUT2D eigenvalue weighted by atomic mass is 9.63. The summed E-state index contributed by atoms with van der Waals surface area (Å²) in [6.45, 7) is 14.4. The van der Waals surface area contributed by atoms with Gasteiger partial charge >= 0.3 is 6.09 Å². The maximum atomic E-state index is 12.1. The number of hydrogen-bond donors (Lipinski definition) is 2. The van der Waals surface area contributed by atoms with Crippen molar-refractivity contribution in [3.05, 3.63) is 34.9 Å². The number of hydrogen-bond acceptors (Lipinski definition) is 3. The smallest absolute Gasteiger partial charge is 0.408 e. The molecular formula is C21H33NO3. The summed E-state index contributed by atoms with van der Waals surface area (Å²) in [6.07, 6.45) is 1.77. The number of nitrogens with one attached hydrogen (secondary N) is 1. The Morgan fingerprint density at radius 1 is 1.16 bits per heavy atom. The summed E-state index contributed by atoms with van der Waals surface area (Å²) in [4.78, 5) is 12.1. The number of ether oxygens (including phenoxy) is 1. The van der Waals surface area contributed by atoms with Crippen molar-refractivity contribution in [2.45, 2.75) is 83.8 Å². The van der Waals surface area contributed by atoms with Crippen LogP contribution in [0, 0.1) is 0 Å². The molecule has 0 bridgehead atoms. The molecule has 1 aromatic carbocycles. The van der Waals surface area contributed by atoms with Crippen LogP contribution in [0.5, 0.6) is 0 Å². The number of rotatable bonds is 3. The third kappa shape index (κ3) is 4.55. The predicted octanol–water partition coefficient (Wildman–Crippen LogP) is 4.59. The van der Waals surface area contributed by atoms with Crippen molar-refractivity contribution in [1.29, 1.82) is 0 Å². The molecule has 0 heterocycles. The van der Waals surface area contributed by atoms with Gasteiger partial charge in [0.15, 0.2) is 0 Å². The Balaban J connectivity index is 2.31. The van der Waals surface area contributed by atoms with Crippen LogP contribution in [0.25, 0.3) is 0 Å². The second-order valence-corrected chi connectivity index (χ2v) is 9.45. The van der Waals surface area contributed by atoms with Gasteiger partial charge in [-0.3, -0.25) is 0 Å². The average molecular weight is 347 g/mol. The molecule has 2 rings (SSSR count). The summed E-state index contributed by atoms with van der Waals surface area (Å²) in [5, 5.41) is 12.6. The molecule has 1 amide bonds. The van der Waals surface area contributed by atoms with Crippen LogP contribution in [-0.2, 0) is 15.6 Å². The number of carbonyl (C=O) groups is 1. The summed E-state index contributed by atoms with van der Waals surface area (Å²) in [5.41, 5.74) is 3.26. The first kappa shape index (κ1) is 19.8. The number of aliphatic hydroxyl groups excluding tert-OH is 1. The number of carbonyl (C=O) groups excluding carboxylic acids is 1. The molecule has 0 aliphatic heterocycles. The fraction of sp³-hybridized carbons (Fsp3) is 0.667. The predicted molar refractivity (Wildman–Crippen MR) is 101 cm³/mol. The molecular weight excluding hydrogens is 314 g/mol. The third-order valence-corrected chi connectivity index (χ3v) is 5.15. The highest BCUT2D eigenvalue weighted by Crippen LogP contribution is 2.46. The van der Waals surface area contributed by atoms with E-state index in [-0.39, 0.29) is 17.4 Å². The third-order valence-electron chi connectivity index (χ3n) is 5.15. The molecule has 0 aromatic heterocycles. The average Bonchev–Trinajstić information content (AvgIpc) is 2.47. The Morgan fingerprint density at radius 2 is 1.72 bits per heavy atom. The van der Waals surface area contributed by atoms with Gasteiger partial charge in [-0.15, -0.1) is 0 Å². The Kier molecular flexibility index (Phi) is 5.25. The number of fused-ring (bicyclic) bond motifs is 1. The summed E-state index contributed by atoms with van der Waals surface area (Å²) in [5.74, 6) is 0. The van der Waals surface area contributed by atoms with Crippen LogP contribution >= 0.6 is 0 Å². The van der Waals surface area contributed by atoms with Crippen LogP contribution in [0.1, 0.15) is 84.0 Å². The summed E-state index contributed by atoms with van der Waals surface area (Å²) in [7, 11) is 0. The highest BCUT2D eigenvalue weighted by Gasteiger charge is 2.37. The minimum absolute atomic E-state index is 0.0901. The van der Waals surface area contributed by atoms with Gasteiger partial charge < -0.3 is 15.2 Å². The van der Waals surface area contributed by atoms with E-state index >= 15 is 0 Å². The molecule has 4 nitrogen and oxygen atoms in total. The lowest BCUT2D eigenvalue weighted by molar-refractivity contribution is 0.0481. The van der Waals surface area contributed by atoms with E-state index in [0.29, 0.717) is 0 Å². The van der Waals surface area contributed by atoms with E-state index < -0.39 is 17.7 Å². The van der Waals surface area contributed by atoms with Crippen LogP contribution in [-0.4, -0.2) is 23.4 Å². The fourth-order valence-electron chi connectivity index (χ4n) is 3.51.